The lowest BCUT2D eigenvalue weighted by Crippen LogP contribution is -2.41. The Morgan fingerprint density at radius 2 is 1.83 bits per heavy atom. The number of anilines is 2. The Kier molecular flexibility index (Phi) is 5.63. The molecule has 4 rings (SSSR count). The molecule has 0 saturated heterocycles. The van der Waals surface area contributed by atoms with E-state index in [-0.39, 0.29) is 11.5 Å². The van der Waals surface area contributed by atoms with Crippen molar-refractivity contribution in [3.8, 4) is 0 Å². The molecule has 0 saturated carbocycles. The molecule has 1 aromatic heterocycles. The molecule has 186 valence electrons. The fraction of sp³-hybridized carbons (Fsp3) is 0.423. The van der Waals surface area contributed by atoms with Crippen LogP contribution in [0.25, 0.3) is 10.9 Å². The molecule has 0 radical (unpaired) electrons. The van der Waals surface area contributed by atoms with Crippen molar-refractivity contribution in [2.45, 2.75) is 64.5 Å². The maximum absolute atomic E-state index is 15.3. The Bertz CT molecular complexity index is 1350. The number of fused-ring (bicyclic) bond motifs is 2. The number of rotatable bonds is 5. The van der Waals surface area contributed by atoms with Crippen LogP contribution in [-0.4, -0.2) is 33.6 Å². The summed E-state index contributed by atoms with van der Waals surface area (Å²) in [6.45, 7) is 8.96. The van der Waals surface area contributed by atoms with E-state index in [0.717, 1.165) is 31.2 Å². The molecule has 0 spiro atoms. The van der Waals surface area contributed by atoms with Crippen molar-refractivity contribution < 1.29 is 23.1 Å². The number of hydrogen-bond donors (Lipinski definition) is 2. The standard InChI is InChI=1S/C26H29F3N4O2/c1-13(15-9-8-10-17(21(15)27)26(28,29)25(5,6)35)30-22-16-11-20-18(12-19(16)31-14(2)32-22)24(3,4)23(34)33(20)7/h8-13,35H,1-7H3,(H,30,31,32)/t13-/m0/s1. The summed E-state index contributed by atoms with van der Waals surface area (Å²) in [4.78, 5) is 23.3. The minimum atomic E-state index is -3.80. The highest BCUT2D eigenvalue weighted by atomic mass is 19.3. The molecular weight excluding hydrogens is 457 g/mol. The van der Waals surface area contributed by atoms with E-state index in [4.69, 9.17) is 0 Å². The van der Waals surface area contributed by atoms with Gasteiger partial charge in [-0.15, -0.1) is 0 Å². The molecule has 2 heterocycles. The van der Waals surface area contributed by atoms with Crippen LogP contribution in [0.15, 0.2) is 30.3 Å². The molecule has 2 aromatic carbocycles. The van der Waals surface area contributed by atoms with Gasteiger partial charge in [-0.25, -0.2) is 14.4 Å². The first-order chi connectivity index (χ1) is 16.1. The Hall–Kier alpha value is -3.20. The second kappa shape index (κ2) is 7.91. The lowest BCUT2D eigenvalue weighted by molar-refractivity contribution is -0.170. The molecule has 0 bridgehead atoms. The maximum atomic E-state index is 15.3. The summed E-state index contributed by atoms with van der Waals surface area (Å²) >= 11 is 0. The number of likely N-dealkylation sites (N-methyl/N-ethyl adjacent to an activating group) is 1. The van der Waals surface area contributed by atoms with Crippen molar-refractivity contribution in [3.05, 3.63) is 58.7 Å². The van der Waals surface area contributed by atoms with E-state index in [1.807, 2.05) is 26.0 Å². The van der Waals surface area contributed by atoms with Crippen molar-refractivity contribution in [1.29, 1.82) is 0 Å². The Balaban J connectivity index is 1.79. The van der Waals surface area contributed by atoms with Gasteiger partial charge in [0, 0.05) is 23.7 Å². The number of carbonyl (C=O) groups excluding carboxylic acids is 1. The molecule has 0 fully saturated rings. The topological polar surface area (TPSA) is 78.4 Å². The van der Waals surface area contributed by atoms with Crippen molar-refractivity contribution in [2.24, 2.45) is 0 Å². The van der Waals surface area contributed by atoms with Gasteiger partial charge < -0.3 is 15.3 Å². The van der Waals surface area contributed by atoms with Crippen LogP contribution in [0.2, 0.25) is 0 Å². The SMILES string of the molecule is Cc1nc(N[C@@H](C)c2cccc(C(F)(F)C(C)(C)O)c2F)c2cc3c(cc2n1)C(C)(C)C(=O)N3C. The van der Waals surface area contributed by atoms with Crippen molar-refractivity contribution in [2.75, 3.05) is 17.3 Å². The molecule has 1 atom stereocenters. The Labute approximate surface area is 202 Å². The van der Waals surface area contributed by atoms with Gasteiger partial charge in [0.25, 0.3) is 0 Å². The minimum Gasteiger partial charge on any atom is -0.384 e. The molecule has 6 nitrogen and oxygen atoms in total. The Morgan fingerprint density at radius 1 is 1.17 bits per heavy atom. The van der Waals surface area contributed by atoms with E-state index in [2.05, 4.69) is 15.3 Å². The highest BCUT2D eigenvalue weighted by Gasteiger charge is 2.49. The largest absolute Gasteiger partial charge is 0.384 e. The third kappa shape index (κ3) is 3.82. The normalized spacial score (nSPS) is 16.5. The van der Waals surface area contributed by atoms with Crippen LogP contribution >= 0.6 is 0 Å². The maximum Gasteiger partial charge on any atom is 0.303 e. The summed E-state index contributed by atoms with van der Waals surface area (Å²) in [6.07, 6.45) is 0. The smallest absolute Gasteiger partial charge is 0.303 e. The van der Waals surface area contributed by atoms with Gasteiger partial charge in [-0.2, -0.15) is 8.78 Å². The van der Waals surface area contributed by atoms with Crippen molar-refractivity contribution >= 4 is 28.3 Å². The van der Waals surface area contributed by atoms with Crippen LogP contribution < -0.4 is 10.2 Å². The number of halogens is 3. The first-order valence-corrected chi connectivity index (χ1v) is 11.3. The number of benzene rings is 2. The van der Waals surface area contributed by atoms with E-state index < -0.39 is 34.4 Å². The Morgan fingerprint density at radius 3 is 2.46 bits per heavy atom. The highest BCUT2D eigenvalue weighted by molar-refractivity contribution is 6.10. The average molecular weight is 487 g/mol. The third-order valence-electron chi connectivity index (χ3n) is 6.75. The third-order valence-corrected chi connectivity index (χ3v) is 6.75. The van der Waals surface area contributed by atoms with Gasteiger partial charge in [0.15, 0.2) is 0 Å². The van der Waals surface area contributed by atoms with E-state index in [9.17, 15) is 18.7 Å². The number of amides is 1. The van der Waals surface area contributed by atoms with Crippen LogP contribution in [0.5, 0.6) is 0 Å². The lowest BCUT2D eigenvalue weighted by Gasteiger charge is -2.30. The molecule has 0 unspecified atom stereocenters. The predicted molar refractivity (Wildman–Crippen MR) is 129 cm³/mol. The molecule has 35 heavy (non-hydrogen) atoms. The van der Waals surface area contributed by atoms with Crippen LogP contribution in [-0.2, 0) is 16.1 Å². The molecule has 1 aliphatic rings. The van der Waals surface area contributed by atoms with Gasteiger partial charge in [0.2, 0.25) is 5.91 Å². The number of aromatic nitrogens is 2. The molecule has 1 aliphatic heterocycles. The average Bonchev–Trinajstić information content (AvgIpc) is 2.91. The van der Waals surface area contributed by atoms with E-state index in [1.165, 1.54) is 12.1 Å². The zero-order valence-electron chi connectivity index (χ0n) is 20.8. The zero-order chi connectivity index (χ0) is 26.1. The van der Waals surface area contributed by atoms with E-state index >= 15 is 4.39 Å². The molecule has 0 aliphatic carbocycles. The van der Waals surface area contributed by atoms with Gasteiger partial charge in [0.1, 0.15) is 23.1 Å². The van der Waals surface area contributed by atoms with Gasteiger partial charge in [-0.05, 0) is 65.3 Å². The number of aliphatic hydroxyl groups is 1. The molecule has 1 amide bonds. The van der Waals surface area contributed by atoms with Gasteiger partial charge in [-0.1, -0.05) is 12.1 Å². The highest BCUT2D eigenvalue weighted by Crippen LogP contribution is 2.44. The molecule has 9 heteroatoms. The van der Waals surface area contributed by atoms with Gasteiger partial charge in [0.05, 0.1) is 22.5 Å². The van der Waals surface area contributed by atoms with Crippen molar-refractivity contribution in [3.63, 3.8) is 0 Å². The van der Waals surface area contributed by atoms with E-state index in [0.29, 0.717) is 22.5 Å². The number of aryl methyl sites for hydroxylation is 1. The summed E-state index contributed by atoms with van der Waals surface area (Å²) in [5, 5.41) is 13.7. The summed E-state index contributed by atoms with van der Waals surface area (Å²) in [5.74, 6) is -4.07. The number of alkyl halides is 2. The first-order valence-electron chi connectivity index (χ1n) is 11.3. The summed E-state index contributed by atoms with van der Waals surface area (Å²) < 4.78 is 44.8. The summed E-state index contributed by atoms with van der Waals surface area (Å²) in [6, 6.07) is 6.67. The van der Waals surface area contributed by atoms with E-state index in [1.54, 1.807) is 25.8 Å². The van der Waals surface area contributed by atoms with Crippen LogP contribution in [0, 0.1) is 12.7 Å². The lowest BCUT2D eigenvalue weighted by atomic mass is 9.85. The first kappa shape index (κ1) is 24.9. The summed E-state index contributed by atoms with van der Waals surface area (Å²) in [5.41, 5.74) is -1.82. The number of nitrogens with one attached hydrogen (secondary N) is 1. The predicted octanol–water partition coefficient (Wildman–Crippen LogP) is 5.37. The van der Waals surface area contributed by atoms with Crippen LogP contribution in [0.3, 0.4) is 0 Å². The quantitative estimate of drug-likeness (QED) is 0.507. The fourth-order valence-electron chi connectivity index (χ4n) is 4.55. The van der Waals surface area contributed by atoms with Gasteiger partial charge >= 0.3 is 5.92 Å². The van der Waals surface area contributed by atoms with Crippen LogP contribution in [0.1, 0.15) is 63.2 Å². The molecular formula is C26H29F3N4O2. The summed E-state index contributed by atoms with van der Waals surface area (Å²) in [7, 11) is 1.70. The second-order valence-corrected chi connectivity index (χ2v) is 10.2. The zero-order valence-corrected chi connectivity index (χ0v) is 20.8. The minimum absolute atomic E-state index is 0.00503. The second-order valence-electron chi connectivity index (χ2n) is 10.2. The van der Waals surface area contributed by atoms with Gasteiger partial charge in [-0.3, -0.25) is 4.79 Å². The number of carbonyl (C=O) groups is 1. The number of nitrogens with zero attached hydrogens (tertiary/aromatic N) is 3. The molecule has 2 N–H and O–H groups in total. The number of hydrogen-bond acceptors (Lipinski definition) is 5. The fourth-order valence-corrected chi connectivity index (χ4v) is 4.55. The van der Waals surface area contributed by atoms with Crippen LogP contribution in [0.4, 0.5) is 24.7 Å². The molecule has 3 aromatic rings. The monoisotopic (exact) mass is 486 g/mol. The van der Waals surface area contributed by atoms with Crippen molar-refractivity contribution in [1.82, 2.24) is 9.97 Å².